The van der Waals surface area contributed by atoms with Gasteiger partial charge in [-0.3, -0.25) is 4.40 Å². The molecule has 0 saturated heterocycles. The Kier molecular flexibility index (Phi) is 2.75. The van der Waals surface area contributed by atoms with Crippen molar-refractivity contribution in [1.29, 1.82) is 0 Å². The summed E-state index contributed by atoms with van der Waals surface area (Å²) >= 11 is 0. The van der Waals surface area contributed by atoms with Crippen LogP contribution in [-0.4, -0.2) is 20.5 Å². The Bertz CT molecular complexity index is 824. The molecule has 0 unspecified atom stereocenters. The highest BCUT2D eigenvalue weighted by Crippen LogP contribution is 2.24. The molecular formula is C15H11FN2O2. The van der Waals surface area contributed by atoms with Crippen molar-refractivity contribution in [3.05, 3.63) is 59.7 Å². The Balaban J connectivity index is 2.31. The molecule has 0 atom stereocenters. The molecule has 0 radical (unpaired) electrons. The van der Waals surface area contributed by atoms with E-state index in [0.717, 1.165) is 0 Å². The van der Waals surface area contributed by atoms with E-state index in [9.17, 15) is 14.3 Å². The number of aromatic carboxylic acids is 1. The van der Waals surface area contributed by atoms with E-state index in [-0.39, 0.29) is 11.5 Å². The van der Waals surface area contributed by atoms with Crippen LogP contribution in [0.3, 0.4) is 0 Å². The van der Waals surface area contributed by atoms with Crippen LogP contribution < -0.4 is 0 Å². The largest absolute Gasteiger partial charge is 0.476 e. The van der Waals surface area contributed by atoms with Gasteiger partial charge in [0.1, 0.15) is 11.6 Å². The Morgan fingerprint density at radius 1 is 1.30 bits per heavy atom. The molecule has 2 aromatic heterocycles. The summed E-state index contributed by atoms with van der Waals surface area (Å²) in [6.45, 7) is 1.66. The maximum atomic E-state index is 13.3. The average Bonchev–Trinajstić information content (AvgIpc) is 2.82. The second-order valence-corrected chi connectivity index (χ2v) is 4.51. The van der Waals surface area contributed by atoms with Crippen molar-refractivity contribution < 1.29 is 14.3 Å². The second kappa shape index (κ2) is 4.45. The number of halogens is 1. The van der Waals surface area contributed by atoms with Crippen LogP contribution in [0, 0.1) is 12.7 Å². The third-order valence-corrected chi connectivity index (χ3v) is 3.17. The number of carboxylic acid groups (broad SMARTS) is 1. The number of aromatic nitrogens is 2. The molecule has 1 aromatic carbocycles. The first-order valence-corrected chi connectivity index (χ1v) is 6.05. The van der Waals surface area contributed by atoms with E-state index in [2.05, 4.69) is 4.98 Å². The zero-order chi connectivity index (χ0) is 14.3. The van der Waals surface area contributed by atoms with Crippen LogP contribution in [-0.2, 0) is 0 Å². The van der Waals surface area contributed by atoms with E-state index in [1.807, 2.05) is 0 Å². The molecule has 1 N–H and O–H groups in total. The van der Waals surface area contributed by atoms with Gasteiger partial charge in [-0.25, -0.2) is 14.2 Å². The van der Waals surface area contributed by atoms with E-state index in [1.54, 1.807) is 47.9 Å². The van der Waals surface area contributed by atoms with Crippen molar-refractivity contribution >= 4 is 11.5 Å². The number of hydrogen-bond acceptors (Lipinski definition) is 2. The molecule has 0 aliphatic carbocycles. The molecule has 4 nitrogen and oxygen atoms in total. The Morgan fingerprint density at radius 3 is 2.80 bits per heavy atom. The zero-order valence-corrected chi connectivity index (χ0v) is 10.7. The van der Waals surface area contributed by atoms with Gasteiger partial charge in [0.05, 0.1) is 5.52 Å². The SMILES string of the molecule is Cc1cc(-c2nc(C(=O)O)c3ccccn23)ccc1F. The van der Waals surface area contributed by atoms with Crippen molar-refractivity contribution in [1.82, 2.24) is 9.38 Å². The van der Waals surface area contributed by atoms with Crippen LogP contribution in [0.25, 0.3) is 16.9 Å². The molecule has 20 heavy (non-hydrogen) atoms. The molecule has 2 heterocycles. The van der Waals surface area contributed by atoms with Crippen molar-refractivity contribution in [2.45, 2.75) is 6.92 Å². The predicted molar refractivity (Wildman–Crippen MR) is 72.3 cm³/mol. The molecule has 100 valence electrons. The van der Waals surface area contributed by atoms with Crippen LogP contribution in [0.1, 0.15) is 16.1 Å². The van der Waals surface area contributed by atoms with Gasteiger partial charge in [-0.15, -0.1) is 0 Å². The van der Waals surface area contributed by atoms with Crippen molar-refractivity contribution in [3.63, 3.8) is 0 Å². The summed E-state index contributed by atoms with van der Waals surface area (Å²) in [4.78, 5) is 15.4. The third-order valence-electron chi connectivity index (χ3n) is 3.17. The number of carbonyl (C=O) groups is 1. The molecule has 3 aromatic rings. The second-order valence-electron chi connectivity index (χ2n) is 4.51. The molecule has 0 spiro atoms. The van der Waals surface area contributed by atoms with E-state index in [4.69, 9.17) is 0 Å². The number of benzene rings is 1. The zero-order valence-electron chi connectivity index (χ0n) is 10.7. The molecule has 0 fully saturated rings. The molecule has 0 saturated carbocycles. The smallest absolute Gasteiger partial charge is 0.356 e. The van der Waals surface area contributed by atoms with Crippen LogP contribution in [0.15, 0.2) is 42.6 Å². The summed E-state index contributed by atoms with van der Waals surface area (Å²) in [6, 6.07) is 9.84. The number of carboxylic acids is 1. The van der Waals surface area contributed by atoms with E-state index in [1.165, 1.54) is 6.07 Å². The summed E-state index contributed by atoms with van der Waals surface area (Å²) in [7, 11) is 0. The lowest BCUT2D eigenvalue weighted by Crippen LogP contribution is -1.97. The van der Waals surface area contributed by atoms with Crippen LogP contribution in [0.4, 0.5) is 4.39 Å². The van der Waals surface area contributed by atoms with Gasteiger partial charge in [-0.05, 0) is 42.8 Å². The maximum Gasteiger partial charge on any atom is 0.356 e. The van der Waals surface area contributed by atoms with Gasteiger partial charge in [0, 0.05) is 11.8 Å². The highest BCUT2D eigenvalue weighted by Gasteiger charge is 2.17. The number of rotatable bonds is 2. The fourth-order valence-corrected chi connectivity index (χ4v) is 2.18. The number of nitrogens with zero attached hydrogens (tertiary/aromatic N) is 2. The molecule has 0 aliphatic rings. The van der Waals surface area contributed by atoms with E-state index < -0.39 is 5.97 Å². The molecule has 5 heteroatoms. The van der Waals surface area contributed by atoms with E-state index >= 15 is 0 Å². The summed E-state index contributed by atoms with van der Waals surface area (Å²) in [5, 5.41) is 9.21. The minimum absolute atomic E-state index is 0.0115. The van der Waals surface area contributed by atoms with Gasteiger partial charge in [-0.2, -0.15) is 0 Å². The third kappa shape index (κ3) is 1.84. The summed E-state index contributed by atoms with van der Waals surface area (Å²) in [6.07, 6.45) is 1.74. The van der Waals surface area contributed by atoms with Gasteiger partial charge < -0.3 is 5.11 Å². The van der Waals surface area contributed by atoms with Gasteiger partial charge in [0.25, 0.3) is 0 Å². The van der Waals surface area contributed by atoms with Crippen LogP contribution in [0.2, 0.25) is 0 Å². The van der Waals surface area contributed by atoms with Gasteiger partial charge in [-0.1, -0.05) is 6.07 Å². The minimum atomic E-state index is -1.08. The van der Waals surface area contributed by atoms with E-state index in [0.29, 0.717) is 22.5 Å². The number of imidazole rings is 1. The number of hydrogen-bond donors (Lipinski definition) is 1. The average molecular weight is 270 g/mol. The van der Waals surface area contributed by atoms with Crippen molar-refractivity contribution in [2.24, 2.45) is 0 Å². The fourth-order valence-electron chi connectivity index (χ4n) is 2.18. The minimum Gasteiger partial charge on any atom is -0.476 e. The maximum absolute atomic E-state index is 13.3. The summed E-state index contributed by atoms with van der Waals surface area (Å²) in [5.74, 6) is -0.895. The summed E-state index contributed by atoms with van der Waals surface area (Å²) < 4.78 is 15.0. The lowest BCUT2D eigenvalue weighted by Gasteiger charge is -2.03. The monoisotopic (exact) mass is 270 g/mol. The highest BCUT2D eigenvalue weighted by molar-refractivity contribution is 5.94. The molecule has 0 amide bonds. The van der Waals surface area contributed by atoms with Crippen LogP contribution >= 0.6 is 0 Å². The van der Waals surface area contributed by atoms with Crippen LogP contribution in [0.5, 0.6) is 0 Å². The lowest BCUT2D eigenvalue weighted by atomic mass is 10.1. The normalized spacial score (nSPS) is 10.9. The Morgan fingerprint density at radius 2 is 2.10 bits per heavy atom. The number of fused-ring (bicyclic) bond motifs is 1. The highest BCUT2D eigenvalue weighted by atomic mass is 19.1. The van der Waals surface area contributed by atoms with Crippen molar-refractivity contribution in [3.8, 4) is 11.4 Å². The first-order valence-electron chi connectivity index (χ1n) is 6.05. The molecular weight excluding hydrogens is 259 g/mol. The first kappa shape index (κ1) is 12.3. The van der Waals surface area contributed by atoms with Gasteiger partial charge in [0.15, 0.2) is 5.69 Å². The molecule has 0 bridgehead atoms. The molecule has 0 aliphatic heterocycles. The van der Waals surface area contributed by atoms with Crippen molar-refractivity contribution in [2.75, 3.05) is 0 Å². The Hall–Kier alpha value is -2.69. The standard InChI is InChI=1S/C15H11FN2O2/c1-9-8-10(5-6-11(9)16)14-17-13(15(19)20)12-4-2-3-7-18(12)14/h2-8H,1H3,(H,19,20). The fraction of sp³-hybridized carbons (Fsp3) is 0.0667. The topological polar surface area (TPSA) is 54.6 Å². The number of pyridine rings is 1. The lowest BCUT2D eigenvalue weighted by molar-refractivity contribution is 0.0693. The quantitative estimate of drug-likeness (QED) is 0.778. The first-order chi connectivity index (χ1) is 9.58. The Labute approximate surface area is 114 Å². The summed E-state index contributed by atoms with van der Waals surface area (Å²) in [5.41, 5.74) is 1.67. The van der Waals surface area contributed by atoms with Gasteiger partial charge in [0.2, 0.25) is 0 Å². The van der Waals surface area contributed by atoms with Gasteiger partial charge >= 0.3 is 5.97 Å². The predicted octanol–water partition coefficient (Wildman–Crippen LogP) is 3.15. The molecule has 3 rings (SSSR count). The number of aryl methyl sites for hydroxylation is 1.